The number of amides is 1. The average molecular weight is 488 g/mol. The Morgan fingerprint density at radius 1 is 1.09 bits per heavy atom. The molecule has 4 aromatic rings. The fourth-order valence-corrected chi connectivity index (χ4v) is 4.56. The number of para-hydroxylation sites is 1. The maximum atomic E-state index is 13.2. The van der Waals surface area contributed by atoms with Gasteiger partial charge in [0.15, 0.2) is 5.43 Å². The maximum Gasteiger partial charge on any atom is 0.253 e. The quantitative estimate of drug-likeness (QED) is 0.445. The number of hydrogen-bond acceptors (Lipinski definition) is 5. The summed E-state index contributed by atoms with van der Waals surface area (Å²) in [5.41, 5.74) is 8.37. The van der Waals surface area contributed by atoms with Crippen LogP contribution in [0.5, 0.6) is 0 Å². The summed E-state index contributed by atoms with van der Waals surface area (Å²) in [6.45, 7) is 1.82. The highest BCUT2D eigenvalue weighted by Crippen LogP contribution is 2.22. The van der Waals surface area contributed by atoms with Gasteiger partial charge in [0.05, 0.1) is 11.1 Å². The molecule has 8 heteroatoms. The molecule has 178 valence electrons. The van der Waals surface area contributed by atoms with E-state index in [0.717, 1.165) is 37.4 Å². The van der Waals surface area contributed by atoms with Crippen LogP contribution >= 0.6 is 11.6 Å². The van der Waals surface area contributed by atoms with Crippen LogP contribution in [0.15, 0.2) is 77.9 Å². The van der Waals surface area contributed by atoms with Gasteiger partial charge in [0.25, 0.3) is 5.91 Å². The standard InChI is InChI=1S/C27H26ClN5O2/c28-20-7-8-23-24(14-20)33(22-4-2-1-3-5-22)17-19(26(23)34)16-31-27(35)18-6-9-25(30-15-18)32-12-10-21(29)11-13-32/h1-9,14-15,17,21H,10-13,16,29H2,(H,31,35). The summed E-state index contributed by atoms with van der Waals surface area (Å²) in [4.78, 5) is 32.6. The van der Waals surface area contributed by atoms with E-state index < -0.39 is 0 Å². The van der Waals surface area contributed by atoms with E-state index >= 15 is 0 Å². The Labute approximate surface area is 208 Å². The largest absolute Gasteiger partial charge is 0.357 e. The zero-order chi connectivity index (χ0) is 24.4. The van der Waals surface area contributed by atoms with Crippen molar-refractivity contribution in [2.45, 2.75) is 25.4 Å². The maximum absolute atomic E-state index is 13.2. The fourth-order valence-electron chi connectivity index (χ4n) is 4.39. The summed E-state index contributed by atoms with van der Waals surface area (Å²) < 4.78 is 1.92. The molecule has 1 aliphatic heterocycles. The second-order valence-corrected chi connectivity index (χ2v) is 9.20. The summed E-state index contributed by atoms with van der Waals surface area (Å²) in [6.07, 6.45) is 5.20. The molecule has 0 bridgehead atoms. The molecule has 1 saturated heterocycles. The normalized spacial score (nSPS) is 14.3. The number of nitrogens with one attached hydrogen (secondary N) is 1. The summed E-state index contributed by atoms with van der Waals surface area (Å²) >= 11 is 6.22. The summed E-state index contributed by atoms with van der Waals surface area (Å²) in [7, 11) is 0. The zero-order valence-electron chi connectivity index (χ0n) is 19.2. The summed E-state index contributed by atoms with van der Waals surface area (Å²) in [5, 5.41) is 3.95. The molecule has 5 rings (SSSR count). The Morgan fingerprint density at radius 2 is 1.86 bits per heavy atom. The first kappa shape index (κ1) is 23.1. The monoisotopic (exact) mass is 487 g/mol. The number of halogens is 1. The minimum absolute atomic E-state index is 0.0921. The van der Waals surface area contributed by atoms with Gasteiger partial charge in [-0.2, -0.15) is 0 Å². The highest BCUT2D eigenvalue weighted by Gasteiger charge is 2.18. The average Bonchev–Trinajstić information content (AvgIpc) is 2.89. The Morgan fingerprint density at radius 3 is 2.57 bits per heavy atom. The third-order valence-electron chi connectivity index (χ3n) is 6.39. The van der Waals surface area contributed by atoms with Gasteiger partial charge in [-0.15, -0.1) is 0 Å². The van der Waals surface area contributed by atoms with Gasteiger partial charge >= 0.3 is 0 Å². The van der Waals surface area contributed by atoms with Crippen LogP contribution in [0.25, 0.3) is 16.6 Å². The molecule has 0 radical (unpaired) electrons. The number of fused-ring (bicyclic) bond motifs is 1. The van der Waals surface area contributed by atoms with Crippen molar-refractivity contribution in [1.82, 2.24) is 14.9 Å². The van der Waals surface area contributed by atoms with Gasteiger partial charge in [-0.05, 0) is 55.3 Å². The van der Waals surface area contributed by atoms with Crippen LogP contribution in [0.3, 0.4) is 0 Å². The van der Waals surface area contributed by atoms with E-state index in [-0.39, 0.29) is 23.9 Å². The molecule has 2 aromatic heterocycles. The Hall–Kier alpha value is -3.68. The lowest BCUT2D eigenvalue weighted by atomic mass is 10.1. The van der Waals surface area contributed by atoms with Crippen molar-refractivity contribution in [2.24, 2.45) is 5.73 Å². The number of anilines is 1. The number of carbonyl (C=O) groups is 1. The third kappa shape index (κ3) is 4.92. The highest BCUT2D eigenvalue weighted by molar-refractivity contribution is 6.31. The molecule has 1 aliphatic rings. The minimum atomic E-state index is -0.286. The molecule has 35 heavy (non-hydrogen) atoms. The topological polar surface area (TPSA) is 93.2 Å². The van der Waals surface area contributed by atoms with Gasteiger partial charge in [0, 0.05) is 59.7 Å². The summed E-state index contributed by atoms with van der Waals surface area (Å²) in [6, 6.07) is 18.8. The molecular weight excluding hydrogens is 462 g/mol. The predicted octanol–water partition coefficient (Wildman–Crippen LogP) is 3.90. The van der Waals surface area contributed by atoms with E-state index in [1.165, 1.54) is 0 Å². The molecule has 1 amide bonds. The van der Waals surface area contributed by atoms with Crippen molar-refractivity contribution >= 4 is 34.2 Å². The minimum Gasteiger partial charge on any atom is -0.357 e. The molecule has 2 aromatic carbocycles. The number of nitrogens with two attached hydrogens (primary N) is 1. The first-order valence-electron chi connectivity index (χ1n) is 11.6. The van der Waals surface area contributed by atoms with Gasteiger partial charge in [0.2, 0.25) is 0 Å². The lowest BCUT2D eigenvalue weighted by Gasteiger charge is -2.31. The van der Waals surface area contributed by atoms with Crippen molar-refractivity contribution < 1.29 is 4.79 Å². The molecule has 1 fully saturated rings. The first-order chi connectivity index (χ1) is 17.0. The van der Waals surface area contributed by atoms with Crippen LogP contribution in [0.1, 0.15) is 28.8 Å². The number of piperidine rings is 1. The molecular formula is C27H26ClN5O2. The van der Waals surface area contributed by atoms with Gasteiger partial charge in [0.1, 0.15) is 5.82 Å². The molecule has 0 spiro atoms. The van der Waals surface area contributed by atoms with Gasteiger partial charge < -0.3 is 20.5 Å². The van der Waals surface area contributed by atoms with Crippen molar-refractivity contribution in [3.63, 3.8) is 0 Å². The smallest absolute Gasteiger partial charge is 0.253 e. The van der Waals surface area contributed by atoms with E-state index in [1.54, 1.807) is 36.7 Å². The Bertz CT molecular complexity index is 1410. The van der Waals surface area contributed by atoms with Crippen LogP contribution in [-0.4, -0.2) is 34.6 Å². The lowest BCUT2D eigenvalue weighted by Crippen LogP contribution is -2.40. The molecule has 0 aliphatic carbocycles. The van der Waals surface area contributed by atoms with Crippen LogP contribution < -0.4 is 21.4 Å². The van der Waals surface area contributed by atoms with Crippen molar-refractivity contribution in [3.05, 3.63) is 99.4 Å². The second-order valence-electron chi connectivity index (χ2n) is 8.76. The van der Waals surface area contributed by atoms with Gasteiger partial charge in [-0.1, -0.05) is 29.8 Å². The van der Waals surface area contributed by atoms with Gasteiger partial charge in [-0.25, -0.2) is 4.98 Å². The first-order valence-corrected chi connectivity index (χ1v) is 12.0. The molecule has 7 nitrogen and oxygen atoms in total. The lowest BCUT2D eigenvalue weighted by molar-refractivity contribution is 0.0950. The number of hydrogen-bond donors (Lipinski definition) is 2. The number of benzene rings is 2. The number of carbonyl (C=O) groups excluding carboxylic acids is 1. The Kier molecular flexibility index (Phi) is 6.53. The number of pyridine rings is 2. The molecule has 3 heterocycles. The SMILES string of the molecule is NC1CCN(c2ccc(C(=O)NCc3cn(-c4ccccc4)c4cc(Cl)ccc4c3=O)cn2)CC1. The van der Waals surface area contributed by atoms with Crippen LogP contribution in [0, 0.1) is 0 Å². The fraction of sp³-hybridized carbons (Fsp3) is 0.222. The van der Waals surface area contributed by atoms with Crippen molar-refractivity contribution in [1.29, 1.82) is 0 Å². The zero-order valence-corrected chi connectivity index (χ0v) is 19.9. The van der Waals surface area contributed by atoms with E-state index in [1.807, 2.05) is 41.0 Å². The second kappa shape index (κ2) is 9.90. The van der Waals surface area contributed by atoms with Crippen LogP contribution in [0.4, 0.5) is 5.82 Å². The summed E-state index contributed by atoms with van der Waals surface area (Å²) in [5.74, 6) is 0.555. The van der Waals surface area contributed by atoms with Gasteiger partial charge in [-0.3, -0.25) is 9.59 Å². The number of aromatic nitrogens is 2. The van der Waals surface area contributed by atoms with E-state index in [9.17, 15) is 9.59 Å². The van der Waals surface area contributed by atoms with Crippen LogP contribution in [-0.2, 0) is 6.54 Å². The molecule has 0 unspecified atom stereocenters. The highest BCUT2D eigenvalue weighted by atomic mass is 35.5. The van der Waals surface area contributed by atoms with E-state index in [4.69, 9.17) is 17.3 Å². The molecule has 0 saturated carbocycles. The number of rotatable bonds is 5. The van der Waals surface area contributed by atoms with E-state index in [2.05, 4.69) is 15.2 Å². The molecule has 3 N–H and O–H groups in total. The molecule has 0 atom stereocenters. The Balaban J connectivity index is 1.37. The van der Waals surface area contributed by atoms with Crippen molar-refractivity contribution in [2.75, 3.05) is 18.0 Å². The predicted molar refractivity (Wildman–Crippen MR) is 139 cm³/mol. The van der Waals surface area contributed by atoms with Crippen molar-refractivity contribution in [3.8, 4) is 5.69 Å². The van der Waals surface area contributed by atoms with E-state index in [0.29, 0.717) is 27.1 Å². The number of nitrogens with zero attached hydrogens (tertiary/aromatic N) is 3. The van der Waals surface area contributed by atoms with Crippen LogP contribution in [0.2, 0.25) is 5.02 Å². The third-order valence-corrected chi connectivity index (χ3v) is 6.62.